The number of anilines is 1. The van der Waals surface area contributed by atoms with Crippen molar-refractivity contribution in [2.24, 2.45) is 0 Å². The highest BCUT2D eigenvalue weighted by molar-refractivity contribution is 9.10. The van der Waals surface area contributed by atoms with Crippen molar-refractivity contribution >= 4 is 33.4 Å². The fraction of sp³-hybridized carbons (Fsp3) is 0.263. The molecule has 2 amide bonds. The van der Waals surface area contributed by atoms with Crippen LogP contribution in [0, 0.1) is 6.92 Å². The van der Waals surface area contributed by atoms with E-state index in [1.54, 1.807) is 4.90 Å². The zero-order valence-electron chi connectivity index (χ0n) is 13.9. The van der Waals surface area contributed by atoms with Crippen molar-refractivity contribution < 1.29 is 14.3 Å². The van der Waals surface area contributed by atoms with Crippen LogP contribution in [0.25, 0.3) is 0 Å². The molecule has 0 radical (unpaired) electrons. The van der Waals surface area contributed by atoms with Crippen molar-refractivity contribution in [3.8, 4) is 5.75 Å². The highest BCUT2D eigenvalue weighted by Crippen LogP contribution is 2.24. The van der Waals surface area contributed by atoms with Crippen molar-refractivity contribution in [2.75, 3.05) is 24.6 Å². The molecule has 3 rings (SSSR count). The van der Waals surface area contributed by atoms with Gasteiger partial charge in [0, 0.05) is 11.0 Å². The number of ether oxygens (including phenoxy) is 1. The van der Waals surface area contributed by atoms with Crippen LogP contribution in [0.15, 0.2) is 46.9 Å². The van der Waals surface area contributed by atoms with E-state index in [1.807, 2.05) is 49.4 Å². The number of fused-ring (bicyclic) bond motifs is 1. The van der Waals surface area contributed by atoms with Crippen LogP contribution in [0.3, 0.4) is 0 Å². The van der Waals surface area contributed by atoms with E-state index in [9.17, 15) is 9.59 Å². The fourth-order valence-corrected chi connectivity index (χ4v) is 3.00. The van der Waals surface area contributed by atoms with Gasteiger partial charge < -0.3 is 15.0 Å². The van der Waals surface area contributed by atoms with Crippen LogP contribution in [0.1, 0.15) is 22.3 Å². The zero-order chi connectivity index (χ0) is 17.8. The molecule has 0 bridgehead atoms. The van der Waals surface area contributed by atoms with Crippen LogP contribution in [0.5, 0.6) is 5.75 Å². The maximum atomic E-state index is 12.4. The normalized spacial score (nSPS) is 13.9. The summed E-state index contributed by atoms with van der Waals surface area (Å²) in [7, 11) is 0. The van der Waals surface area contributed by atoms with Gasteiger partial charge in [-0.1, -0.05) is 27.6 Å². The number of halogens is 1. The summed E-state index contributed by atoms with van der Waals surface area (Å²) >= 11 is 3.39. The van der Waals surface area contributed by atoms with Gasteiger partial charge in [0.05, 0.1) is 24.4 Å². The molecule has 0 atom stereocenters. The van der Waals surface area contributed by atoms with E-state index >= 15 is 0 Å². The van der Waals surface area contributed by atoms with Crippen molar-refractivity contribution in [2.45, 2.75) is 13.3 Å². The fourth-order valence-electron chi connectivity index (χ4n) is 2.74. The molecule has 25 heavy (non-hydrogen) atoms. The minimum Gasteiger partial charge on any atom is -0.494 e. The molecule has 1 heterocycles. The van der Waals surface area contributed by atoms with Crippen LogP contribution in [0.4, 0.5) is 5.69 Å². The third kappa shape index (κ3) is 4.20. The van der Waals surface area contributed by atoms with E-state index in [1.165, 1.54) is 0 Å². The quantitative estimate of drug-likeness (QED) is 0.780. The average Bonchev–Trinajstić information content (AvgIpc) is 2.71. The molecular weight excluding hydrogens is 384 g/mol. The van der Waals surface area contributed by atoms with Crippen LogP contribution < -0.4 is 15.0 Å². The van der Waals surface area contributed by atoms with Crippen LogP contribution in [-0.4, -0.2) is 31.5 Å². The summed E-state index contributed by atoms with van der Waals surface area (Å²) in [6.07, 6.45) is 0.670. The van der Waals surface area contributed by atoms with E-state index < -0.39 is 0 Å². The zero-order valence-corrected chi connectivity index (χ0v) is 15.5. The summed E-state index contributed by atoms with van der Waals surface area (Å²) in [6.45, 7) is 2.94. The van der Waals surface area contributed by atoms with E-state index in [4.69, 9.17) is 4.74 Å². The molecule has 0 saturated carbocycles. The number of rotatable bonds is 5. The van der Waals surface area contributed by atoms with Gasteiger partial charge in [-0.25, -0.2) is 0 Å². The number of benzene rings is 2. The third-order valence-electron chi connectivity index (χ3n) is 4.00. The average molecular weight is 403 g/mol. The SMILES string of the molecule is Cc1ccc2c(c1)C(=O)NCC(=O)N2CCCOc1ccc(Br)cc1. The molecular formula is C19H19BrN2O3. The summed E-state index contributed by atoms with van der Waals surface area (Å²) in [6, 6.07) is 13.2. The first-order chi connectivity index (χ1) is 12.0. The Kier molecular flexibility index (Phi) is 5.38. The summed E-state index contributed by atoms with van der Waals surface area (Å²) in [4.78, 5) is 26.2. The van der Waals surface area contributed by atoms with E-state index in [0.717, 1.165) is 15.8 Å². The Labute approximate surface area is 155 Å². The monoisotopic (exact) mass is 402 g/mol. The Morgan fingerprint density at radius 2 is 1.92 bits per heavy atom. The predicted octanol–water partition coefficient (Wildman–Crippen LogP) is 3.30. The second kappa shape index (κ2) is 7.70. The number of amides is 2. The molecule has 0 aliphatic carbocycles. The maximum absolute atomic E-state index is 12.4. The number of carbonyl (C=O) groups excluding carboxylic acids is 2. The highest BCUT2D eigenvalue weighted by atomic mass is 79.9. The Hall–Kier alpha value is -2.34. The van der Waals surface area contributed by atoms with Gasteiger partial charge in [-0.05, 0) is 49.7 Å². The van der Waals surface area contributed by atoms with Crippen LogP contribution in [0.2, 0.25) is 0 Å². The summed E-state index contributed by atoms with van der Waals surface area (Å²) in [5, 5.41) is 2.66. The number of nitrogens with one attached hydrogen (secondary N) is 1. The number of carbonyl (C=O) groups is 2. The molecule has 1 aliphatic rings. The molecule has 0 aromatic heterocycles. The Morgan fingerprint density at radius 3 is 2.68 bits per heavy atom. The Morgan fingerprint density at radius 1 is 1.16 bits per heavy atom. The number of nitrogens with zero attached hydrogens (tertiary/aromatic N) is 1. The van der Waals surface area contributed by atoms with Gasteiger partial charge in [0.1, 0.15) is 5.75 Å². The van der Waals surface area contributed by atoms with Gasteiger partial charge in [0.2, 0.25) is 5.91 Å². The first-order valence-electron chi connectivity index (χ1n) is 8.12. The van der Waals surface area contributed by atoms with Gasteiger partial charge >= 0.3 is 0 Å². The molecule has 0 spiro atoms. The standard InChI is InChI=1S/C19H19BrN2O3/c1-13-3-8-17-16(11-13)19(24)21-12-18(23)22(17)9-2-10-25-15-6-4-14(20)5-7-15/h3-8,11H,2,9-10,12H2,1H3,(H,21,24). The van der Waals surface area contributed by atoms with Crippen LogP contribution >= 0.6 is 15.9 Å². The lowest BCUT2D eigenvalue weighted by Crippen LogP contribution is -2.37. The van der Waals surface area contributed by atoms with E-state index in [2.05, 4.69) is 21.2 Å². The lowest BCUT2D eigenvalue weighted by molar-refractivity contribution is -0.117. The van der Waals surface area contributed by atoms with Gasteiger partial charge in [-0.3, -0.25) is 9.59 Å². The minimum atomic E-state index is -0.208. The van der Waals surface area contributed by atoms with E-state index in [-0.39, 0.29) is 18.4 Å². The molecule has 2 aromatic rings. The lowest BCUT2D eigenvalue weighted by atomic mass is 10.1. The maximum Gasteiger partial charge on any atom is 0.253 e. The second-order valence-electron chi connectivity index (χ2n) is 5.90. The highest BCUT2D eigenvalue weighted by Gasteiger charge is 2.25. The summed E-state index contributed by atoms with van der Waals surface area (Å²) in [5.41, 5.74) is 2.19. The van der Waals surface area contributed by atoms with Crippen molar-refractivity contribution in [3.05, 3.63) is 58.1 Å². The first-order valence-corrected chi connectivity index (χ1v) is 8.91. The molecule has 0 unspecified atom stereocenters. The van der Waals surface area contributed by atoms with Crippen molar-refractivity contribution in [3.63, 3.8) is 0 Å². The first kappa shape index (κ1) is 17.5. The summed E-state index contributed by atoms with van der Waals surface area (Å²) < 4.78 is 6.70. The molecule has 5 nitrogen and oxygen atoms in total. The molecule has 130 valence electrons. The minimum absolute atomic E-state index is 0.0140. The third-order valence-corrected chi connectivity index (χ3v) is 4.53. The van der Waals surface area contributed by atoms with E-state index in [0.29, 0.717) is 30.8 Å². The topological polar surface area (TPSA) is 58.6 Å². The molecule has 0 saturated heterocycles. The molecule has 0 fully saturated rings. The molecule has 1 aliphatic heterocycles. The second-order valence-corrected chi connectivity index (χ2v) is 6.82. The lowest BCUT2D eigenvalue weighted by Gasteiger charge is -2.22. The van der Waals surface area contributed by atoms with Gasteiger partial charge in [-0.2, -0.15) is 0 Å². The molecule has 6 heteroatoms. The van der Waals surface area contributed by atoms with Crippen LogP contribution in [-0.2, 0) is 4.79 Å². The van der Waals surface area contributed by atoms with Crippen molar-refractivity contribution in [1.29, 1.82) is 0 Å². The Balaban J connectivity index is 1.66. The predicted molar refractivity (Wildman–Crippen MR) is 100 cm³/mol. The van der Waals surface area contributed by atoms with Gasteiger partial charge in [0.15, 0.2) is 0 Å². The van der Waals surface area contributed by atoms with Crippen molar-refractivity contribution in [1.82, 2.24) is 5.32 Å². The molecule has 2 aromatic carbocycles. The molecule has 1 N–H and O–H groups in total. The number of hydrogen-bond acceptors (Lipinski definition) is 3. The number of aryl methyl sites for hydroxylation is 1. The van der Waals surface area contributed by atoms with Gasteiger partial charge in [-0.15, -0.1) is 0 Å². The van der Waals surface area contributed by atoms with Gasteiger partial charge in [0.25, 0.3) is 5.91 Å². The Bertz CT molecular complexity index is 790. The largest absolute Gasteiger partial charge is 0.494 e. The smallest absolute Gasteiger partial charge is 0.253 e. The summed E-state index contributed by atoms with van der Waals surface area (Å²) in [5.74, 6) is 0.471. The number of hydrogen-bond donors (Lipinski definition) is 1.